The van der Waals surface area contributed by atoms with Gasteiger partial charge in [0.05, 0.1) is 54.1 Å². The van der Waals surface area contributed by atoms with Crippen molar-refractivity contribution in [3.63, 3.8) is 0 Å². The molecule has 8 nitrogen and oxygen atoms in total. The van der Waals surface area contributed by atoms with E-state index in [0.29, 0.717) is 27.8 Å². The summed E-state index contributed by atoms with van der Waals surface area (Å²) in [4.78, 5) is 8.17. The van der Waals surface area contributed by atoms with Crippen LogP contribution in [-0.4, -0.2) is 31.6 Å². The second kappa shape index (κ2) is 11.5. The van der Waals surface area contributed by atoms with Gasteiger partial charge < -0.3 is 10.6 Å². The summed E-state index contributed by atoms with van der Waals surface area (Å²) >= 11 is 6.71. The summed E-state index contributed by atoms with van der Waals surface area (Å²) in [6.07, 6.45) is 6.54. The number of nitriles is 1. The predicted octanol–water partition coefficient (Wildman–Crippen LogP) is 6.93. The number of anilines is 2. The molecule has 1 fully saturated rings. The van der Waals surface area contributed by atoms with E-state index in [1.807, 2.05) is 30.3 Å². The number of hydrogen-bond donors (Lipinski definition) is 2. The van der Waals surface area contributed by atoms with Crippen LogP contribution >= 0.6 is 11.6 Å². The van der Waals surface area contributed by atoms with Crippen molar-refractivity contribution >= 4 is 33.9 Å². The number of halogens is 3. The zero-order valence-corrected chi connectivity index (χ0v) is 22.5. The van der Waals surface area contributed by atoms with Crippen molar-refractivity contribution in [2.45, 2.75) is 37.4 Å². The molecule has 0 aliphatic heterocycles. The minimum atomic E-state index is -1.72. The Labute approximate surface area is 241 Å². The van der Waals surface area contributed by atoms with Crippen LogP contribution in [0.5, 0.6) is 0 Å². The molecule has 3 heterocycles. The molecule has 2 aromatic carbocycles. The highest BCUT2D eigenvalue weighted by atomic mass is 35.5. The van der Waals surface area contributed by atoms with Gasteiger partial charge in [-0.3, -0.25) is 9.37 Å². The van der Waals surface area contributed by atoms with Crippen LogP contribution in [-0.2, 0) is 0 Å². The minimum Gasteiger partial charge on any atom is -0.376 e. The molecule has 0 bridgehead atoms. The van der Waals surface area contributed by atoms with Crippen LogP contribution in [0.2, 0.25) is 5.02 Å². The van der Waals surface area contributed by atoms with Crippen LogP contribution in [0, 0.1) is 17.3 Å². The van der Waals surface area contributed by atoms with Crippen molar-refractivity contribution < 1.29 is 10.2 Å². The molecule has 0 radical (unpaired) electrons. The molecular formula is C30H25ClF2N8. The highest BCUT2D eigenvalue weighted by Gasteiger charge is 2.27. The van der Waals surface area contributed by atoms with Gasteiger partial charge in [0.1, 0.15) is 11.8 Å². The first-order valence-electron chi connectivity index (χ1n) is 13.6. The highest BCUT2D eigenvalue weighted by Crippen LogP contribution is 2.38. The summed E-state index contributed by atoms with van der Waals surface area (Å²) in [7, 11) is 0. The molecule has 1 saturated carbocycles. The van der Waals surface area contributed by atoms with E-state index in [9.17, 15) is 15.4 Å². The third-order valence-electron chi connectivity index (χ3n) is 6.94. The fourth-order valence-electron chi connectivity index (χ4n) is 4.72. The van der Waals surface area contributed by atoms with E-state index < -0.39 is 24.7 Å². The Bertz CT molecular complexity index is 1770. The molecule has 6 rings (SSSR count). The Morgan fingerprint density at radius 2 is 1.93 bits per heavy atom. The van der Waals surface area contributed by atoms with Gasteiger partial charge in [-0.25, -0.2) is 9.67 Å². The molecule has 0 spiro atoms. The van der Waals surface area contributed by atoms with Gasteiger partial charge in [0, 0.05) is 29.9 Å². The lowest BCUT2D eigenvalue weighted by Crippen LogP contribution is -2.15. The number of benzene rings is 2. The third-order valence-corrected chi connectivity index (χ3v) is 7.22. The Kier molecular flexibility index (Phi) is 7.09. The van der Waals surface area contributed by atoms with Gasteiger partial charge in [0.25, 0.3) is 0 Å². The fraction of sp³-hybridized carbons (Fsp3) is 0.233. The molecule has 1 aliphatic rings. The van der Waals surface area contributed by atoms with Gasteiger partial charge in [-0.15, -0.1) is 5.10 Å². The number of nitrogens with zero attached hydrogens (tertiary/aromatic N) is 6. The molecule has 41 heavy (non-hydrogen) atoms. The molecular weight excluding hydrogens is 546 g/mol. The lowest BCUT2D eigenvalue weighted by molar-refractivity contribution is 0.451. The maximum atomic E-state index is 13.7. The minimum absolute atomic E-state index is 0.175. The standard InChI is InChI=1S/C30H25ClF2N8/c31-24-13-21(37-29(19-6-9-27(33)35-15-19)26-17-41(40-39-26)22-7-8-22)12-23-28(20(14-34)16-36-30(23)24)38-25(10-11-32)18-4-2-1-3-5-18/h1-6,9,12-13,15-17,22,25,29,37H,7-8,10-11H2,(H,36,38)/t25-,29+/m1/s1/i29D. The van der Waals surface area contributed by atoms with E-state index in [2.05, 4.69) is 37.0 Å². The molecule has 0 saturated heterocycles. The third kappa shape index (κ3) is 5.67. The van der Waals surface area contributed by atoms with Crippen LogP contribution < -0.4 is 10.6 Å². The molecule has 11 heteroatoms. The lowest BCUT2D eigenvalue weighted by Gasteiger charge is -2.23. The maximum absolute atomic E-state index is 13.7. The van der Waals surface area contributed by atoms with Gasteiger partial charge in [0.2, 0.25) is 5.95 Å². The molecule has 206 valence electrons. The Balaban J connectivity index is 1.46. The molecule has 1 aliphatic carbocycles. The lowest BCUT2D eigenvalue weighted by atomic mass is 10.0. The average molecular weight is 572 g/mol. The first-order valence-corrected chi connectivity index (χ1v) is 13.5. The average Bonchev–Trinajstić information content (AvgIpc) is 3.73. The van der Waals surface area contributed by atoms with E-state index in [0.717, 1.165) is 18.4 Å². The quantitative estimate of drug-likeness (QED) is 0.175. The maximum Gasteiger partial charge on any atom is 0.212 e. The molecule has 2 atom stereocenters. The van der Waals surface area contributed by atoms with E-state index in [-0.39, 0.29) is 28.7 Å². The summed E-state index contributed by atoms with van der Waals surface area (Å²) in [5.74, 6) is -0.677. The van der Waals surface area contributed by atoms with Gasteiger partial charge >= 0.3 is 0 Å². The van der Waals surface area contributed by atoms with Crippen LogP contribution in [0.25, 0.3) is 10.9 Å². The highest BCUT2D eigenvalue weighted by molar-refractivity contribution is 6.35. The number of hydrogen-bond acceptors (Lipinski definition) is 7. The number of pyridine rings is 2. The molecule has 0 amide bonds. The Morgan fingerprint density at radius 1 is 1.10 bits per heavy atom. The molecule has 2 N–H and O–H groups in total. The van der Waals surface area contributed by atoms with Crippen LogP contribution in [0.15, 0.2) is 73.2 Å². The zero-order chi connectivity index (χ0) is 29.3. The number of rotatable bonds is 10. The summed E-state index contributed by atoms with van der Waals surface area (Å²) < 4.78 is 38.6. The largest absolute Gasteiger partial charge is 0.376 e. The van der Waals surface area contributed by atoms with Gasteiger partial charge in [0.15, 0.2) is 0 Å². The zero-order valence-electron chi connectivity index (χ0n) is 22.7. The number of aromatic nitrogens is 5. The van der Waals surface area contributed by atoms with E-state index in [1.165, 1.54) is 24.5 Å². The monoisotopic (exact) mass is 571 g/mol. The van der Waals surface area contributed by atoms with Gasteiger partial charge in [-0.2, -0.15) is 9.65 Å². The second-order valence-corrected chi connectivity index (χ2v) is 10.2. The first-order chi connectivity index (χ1) is 20.4. The molecule has 5 aromatic rings. The van der Waals surface area contributed by atoms with E-state index in [4.69, 9.17) is 11.6 Å². The van der Waals surface area contributed by atoms with E-state index >= 15 is 0 Å². The predicted molar refractivity (Wildman–Crippen MR) is 153 cm³/mol. The Morgan fingerprint density at radius 3 is 2.63 bits per heavy atom. The number of alkyl halides is 1. The Hall–Kier alpha value is -4.62. The van der Waals surface area contributed by atoms with Crippen molar-refractivity contribution in [2.75, 3.05) is 17.3 Å². The molecule has 3 aromatic heterocycles. The first kappa shape index (κ1) is 25.4. The number of nitrogens with one attached hydrogen (secondary N) is 2. The summed E-state index contributed by atoms with van der Waals surface area (Å²) in [5.41, 5.74) is 3.00. The van der Waals surface area contributed by atoms with Crippen molar-refractivity contribution in [1.29, 1.82) is 5.26 Å². The second-order valence-electron chi connectivity index (χ2n) is 9.78. The van der Waals surface area contributed by atoms with Crippen molar-refractivity contribution in [3.8, 4) is 6.07 Å². The normalized spacial score (nSPS) is 15.5. The molecule has 0 unspecified atom stereocenters. The van der Waals surface area contributed by atoms with Crippen LogP contribution in [0.3, 0.4) is 0 Å². The van der Waals surface area contributed by atoms with Crippen LogP contribution in [0.1, 0.15) is 61.1 Å². The smallest absolute Gasteiger partial charge is 0.212 e. The van der Waals surface area contributed by atoms with Crippen LogP contribution in [0.4, 0.5) is 20.2 Å². The van der Waals surface area contributed by atoms with E-state index in [1.54, 1.807) is 23.0 Å². The van der Waals surface area contributed by atoms with Crippen molar-refractivity contribution in [2.24, 2.45) is 0 Å². The summed E-state index contributed by atoms with van der Waals surface area (Å²) in [6.45, 7) is -0.570. The van der Waals surface area contributed by atoms with Gasteiger partial charge in [-0.05, 0) is 42.2 Å². The van der Waals surface area contributed by atoms with Crippen molar-refractivity contribution in [1.82, 2.24) is 25.0 Å². The number of fused-ring (bicyclic) bond motifs is 1. The summed E-state index contributed by atoms with van der Waals surface area (Å²) in [5, 5.41) is 25.8. The van der Waals surface area contributed by atoms with Gasteiger partial charge in [-0.1, -0.05) is 53.2 Å². The topological polar surface area (TPSA) is 104 Å². The fourth-order valence-corrected chi connectivity index (χ4v) is 4.99. The SMILES string of the molecule is [2H][C@](Nc1cc(Cl)c2ncc(C#N)c(N[C@H](CCF)c3ccccc3)c2c1)(c1ccc(F)nc1)c1cn(C2CC2)nn1. The summed E-state index contributed by atoms with van der Waals surface area (Å²) in [6, 6.07) is 15.6. The van der Waals surface area contributed by atoms with Crippen molar-refractivity contribution in [3.05, 3.63) is 107 Å².